The summed E-state index contributed by atoms with van der Waals surface area (Å²) < 4.78 is 23.8. The summed E-state index contributed by atoms with van der Waals surface area (Å²) >= 11 is 0. The first-order valence-corrected chi connectivity index (χ1v) is 6.88. The minimum Gasteiger partial charge on any atom is -0.479 e. The number of hydrogen-bond donors (Lipinski definition) is 1. The van der Waals surface area contributed by atoms with Crippen LogP contribution in [0.15, 0.2) is 18.2 Å². The van der Waals surface area contributed by atoms with Gasteiger partial charge in [-0.05, 0) is 44.4 Å². The smallest absolute Gasteiger partial charge is 0.344 e. The van der Waals surface area contributed by atoms with Crippen LogP contribution in [0.3, 0.4) is 0 Å². The maximum absolute atomic E-state index is 13.8. The Hall–Kier alpha value is -1.62. The van der Waals surface area contributed by atoms with E-state index in [1.165, 1.54) is 18.9 Å². The number of ether oxygens (including phenoxy) is 2. The molecule has 1 saturated carbocycles. The zero-order valence-electron chi connectivity index (χ0n) is 11.8. The quantitative estimate of drug-likeness (QED) is 0.780. The molecule has 1 aromatic carbocycles. The Balaban J connectivity index is 1.83. The van der Waals surface area contributed by atoms with Crippen LogP contribution in [0.5, 0.6) is 5.75 Å². The lowest BCUT2D eigenvalue weighted by Gasteiger charge is -2.10. The summed E-state index contributed by atoms with van der Waals surface area (Å²) in [6.45, 7) is 3.87. The number of esters is 1. The highest BCUT2D eigenvalue weighted by molar-refractivity contribution is 5.71. The molecule has 1 fully saturated rings. The number of benzene rings is 1. The van der Waals surface area contributed by atoms with E-state index in [0.29, 0.717) is 12.6 Å². The van der Waals surface area contributed by atoms with Crippen molar-refractivity contribution in [2.45, 2.75) is 45.4 Å². The molecule has 1 aromatic rings. The average Bonchev–Trinajstić information content (AvgIpc) is 3.18. The maximum atomic E-state index is 13.8. The monoisotopic (exact) mass is 281 g/mol. The normalized spacial score (nSPS) is 14.4. The molecule has 5 heteroatoms. The van der Waals surface area contributed by atoms with Crippen LogP contribution in [0.1, 0.15) is 32.3 Å². The predicted octanol–water partition coefficient (Wildman–Crippen LogP) is 2.41. The van der Waals surface area contributed by atoms with E-state index in [-0.39, 0.29) is 18.5 Å². The van der Waals surface area contributed by atoms with E-state index in [1.807, 2.05) is 0 Å². The highest BCUT2D eigenvalue weighted by Gasteiger charge is 2.20. The van der Waals surface area contributed by atoms with Crippen molar-refractivity contribution in [2.75, 3.05) is 6.61 Å². The molecule has 4 nitrogen and oxygen atoms in total. The van der Waals surface area contributed by atoms with Gasteiger partial charge < -0.3 is 14.8 Å². The molecule has 0 aromatic heterocycles. The summed E-state index contributed by atoms with van der Waals surface area (Å²) in [6.07, 6.45) is 2.19. The number of rotatable bonds is 7. The van der Waals surface area contributed by atoms with Gasteiger partial charge in [0.25, 0.3) is 0 Å². The van der Waals surface area contributed by atoms with E-state index < -0.39 is 11.8 Å². The van der Waals surface area contributed by atoms with E-state index in [0.717, 1.165) is 5.56 Å². The van der Waals surface area contributed by atoms with Crippen LogP contribution >= 0.6 is 0 Å². The topological polar surface area (TPSA) is 47.6 Å². The van der Waals surface area contributed by atoms with Gasteiger partial charge in [0.1, 0.15) is 0 Å². The molecule has 0 spiro atoms. The number of carbonyl (C=O) groups is 1. The highest BCUT2D eigenvalue weighted by Crippen LogP contribution is 2.21. The van der Waals surface area contributed by atoms with Gasteiger partial charge in [0.2, 0.25) is 0 Å². The highest BCUT2D eigenvalue weighted by atomic mass is 19.1. The molecule has 0 saturated heterocycles. The fraction of sp³-hybridized carbons (Fsp3) is 0.533. The SMILES string of the molecule is CC(C)OC(=O)COc1ccc(CNC2CC2)cc1F. The molecular weight excluding hydrogens is 261 g/mol. The molecule has 0 radical (unpaired) electrons. The summed E-state index contributed by atoms with van der Waals surface area (Å²) in [5.74, 6) is -0.891. The molecule has 0 unspecified atom stereocenters. The molecule has 2 rings (SSSR count). The number of halogens is 1. The van der Waals surface area contributed by atoms with Gasteiger partial charge in [0.15, 0.2) is 18.2 Å². The standard InChI is InChI=1S/C15H20FNO3/c1-10(2)20-15(18)9-19-14-6-3-11(7-13(14)16)8-17-12-4-5-12/h3,6-7,10,12,17H,4-5,8-9H2,1-2H3. The Morgan fingerprint density at radius 1 is 1.45 bits per heavy atom. The van der Waals surface area contributed by atoms with Crippen molar-refractivity contribution in [1.29, 1.82) is 0 Å². The van der Waals surface area contributed by atoms with Gasteiger partial charge in [-0.3, -0.25) is 0 Å². The van der Waals surface area contributed by atoms with Gasteiger partial charge in [-0.25, -0.2) is 9.18 Å². The zero-order valence-corrected chi connectivity index (χ0v) is 11.8. The Kier molecular flexibility index (Phi) is 4.95. The van der Waals surface area contributed by atoms with Crippen molar-refractivity contribution >= 4 is 5.97 Å². The van der Waals surface area contributed by atoms with Crippen molar-refractivity contribution in [3.05, 3.63) is 29.6 Å². The predicted molar refractivity (Wildman–Crippen MR) is 73.0 cm³/mol. The molecule has 20 heavy (non-hydrogen) atoms. The van der Waals surface area contributed by atoms with Crippen molar-refractivity contribution < 1.29 is 18.7 Å². The Morgan fingerprint density at radius 2 is 2.20 bits per heavy atom. The summed E-state index contributed by atoms with van der Waals surface area (Å²) in [5, 5.41) is 3.31. The number of nitrogens with one attached hydrogen (secondary N) is 1. The van der Waals surface area contributed by atoms with Gasteiger partial charge >= 0.3 is 5.97 Å². The van der Waals surface area contributed by atoms with Gasteiger partial charge in [-0.1, -0.05) is 6.07 Å². The number of hydrogen-bond acceptors (Lipinski definition) is 4. The lowest BCUT2D eigenvalue weighted by atomic mass is 10.2. The van der Waals surface area contributed by atoms with Crippen molar-refractivity contribution in [3.63, 3.8) is 0 Å². The van der Waals surface area contributed by atoms with Gasteiger partial charge in [-0.2, -0.15) is 0 Å². The summed E-state index contributed by atoms with van der Waals surface area (Å²) in [5.41, 5.74) is 0.867. The van der Waals surface area contributed by atoms with Crippen molar-refractivity contribution in [2.24, 2.45) is 0 Å². The minimum atomic E-state index is -0.501. The van der Waals surface area contributed by atoms with E-state index in [1.54, 1.807) is 26.0 Å². The fourth-order valence-electron chi connectivity index (χ4n) is 1.75. The fourth-order valence-corrected chi connectivity index (χ4v) is 1.75. The first-order chi connectivity index (χ1) is 9.54. The summed E-state index contributed by atoms with van der Waals surface area (Å²) in [7, 11) is 0. The summed E-state index contributed by atoms with van der Waals surface area (Å²) in [6, 6.07) is 5.35. The van der Waals surface area contributed by atoms with Crippen LogP contribution in [0, 0.1) is 5.82 Å². The molecule has 0 atom stereocenters. The third-order valence-corrected chi connectivity index (χ3v) is 2.88. The second-order valence-electron chi connectivity index (χ2n) is 5.25. The van der Waals surface area contributed by atoms with Crippen LogP contribution in [0.4, 0.5) is 4.39 Å². The maximum Gasteiger partial charge on any atom is 0.344 e. The lowest BCUT2D eigenvalue weighted by molar-refractivity contribution is -0.149. The minimum absolute atomic E-state index is 0.0703. The van der Waals surface area contributed by atoms with E-state index in [4.69, 9.17) is 9.47 Å². The zero-order chi connectivity index (χ0) is 14.5. The number of carbonyl (C=O) groups excluding carboxylic acids is 1. The van der Waals surface area contributed by atoms with Crippen LogP contribution in [0.25, 0.3) is 0 Å². The first kappa shape index (κ1) is 14.8. The van der Waals surface area contributed by atoms with Crippen LogP contribution < -0.4 is 10.1 Å². The second-order valence-corrected chi connectivity index (χ2v) is 5.25. The van der Waals surface area contributed by atoms with Crippen LogP contribution in [0.2, 0.25) is 0 Å². The second kappa shape index (κ2) is 6.70. The third kappa shape index (κ3) is 4.81. The average molecular weight is 281 g/mol. The van der Waals surface area contributed by atoms with E-state index in [9.17, 15) is 9.18 Å². The molecule has 1 aliphatic rings. The molecule has 0 aliphatic heterocycles. The molecule has 110 valence electrons. The van der Waals surface area contributed by atoms with Gasteiger partial charge in [0.05, 0.1) is 6.10 Å². The Bertz CT molecular complexity index is 472. The summed E-state index contributed by atoms with van der Waals surface area (Å²) in [4.78, 5) is 11.3. The first-order valence-electron chi connectivity index (χ1n) is 6.88. The molecular formula is C15H20FNO3. The largest absolute Gasteiger partial charge is 0.479 e. The third-order valence-electron chi connectivity index (χ3n) is 2.88. The van der Waals surface area contributed by atoms with Crippen molar-refractivity contribution in [1.82, 2.24) is 5.32 Å². The van der Waals surface area contributed by atoms with E-state index in [2.05, 4.69) is 5.32 Å². The van der Waals surface area contributed by atoms with Gasteiger partial charge in [-0.15, -0.1) is 0 Å². The molecule has 0 amide bonds. The van der Waals surface area contributed by atoms with Crippen LogP contribution in [-0.4, -0.2) is 24.7 Å². The van der Waals surface area contributed by atoms with Crippen LogP contribution in [-0.2, 0) is 16.1 Å². The Morgan fingerprint density at radius 3 is 2.80 bits per heavy atom. The molecule has 0 bridgehead atoms. The molecule has 0 heterocycles. The van der Waals surface area contributed by atoms with E-state index >= 15 is 0 Å². The lowest BCUT2D eigenvalue weighted by Crippen LogP contribution is -2.19. The molecule has 1 aliphatic carbocycles. The van der Waals surface area contributed by atoms with Crippen molar-refractivity contribution in [3.8, 4) is 5.75 Å². The molecule has 1 N–H and O–H groups in total. The Labute approximate surface area is 118 Å². The van der Waals surface area contributed by atoms with Gasteiger partial charge in [0, 0.05) is 12.6 Å².